The molecule has 0 amide bonds. The molecular weight excluding hydrogens is 289 g/mol. The quantitative estimate of drug-likeness (QED) is 0.743. The van der Waals surface area contributed by atoms with Crippen LogP contribution in [0.3, 0.4) is 0 Å². The van der Waals surface area contributed by atoms with Crippen molar-refractivity contribution in [2.24, 2.45) is 0 Å². The Balaban J connectivity index is 2.95. The third-order valence-corrected chi connectivity index (χ3v) is 2.54. The van der Waals surface area contributed by atoms with Crippen molar-refractivity contribution in [3.63, 3.8) is 0 Å². The van der Waals surface area contributed by atoms with Crippen molar-refractivity contribution in [3.8, 4) is 0 Å². The lowest BCUT2D eigenvalue weighted by Crippen LogP contribution is -2.08. The van der Waals surface area contributed by atoms with E-state index < -0.39 is 17.4 Å². The topological polar surface area (TPSA) is 30.2 Å². The van der Waals surface area contributed by atoms with Crippen LogP contribution in [0.25, 0.3) is 10.8 Å². The third kappa shape index (κ3) is 1.84. The molecule has 0 N–H and O–H groups in total. The Morgan fingerprint density at radius 2 is 1.88 bits per heavy atom. The van der Waals surface area contributed by atoms with Gasteiger partial charge in [-0.1, -0.05) is 15.9 Å². The maximum Gasteiger partial charge on any atom is 0.417 e. The molecule has 0 saturated carbocycles. The van der Waals surface area contributed by atoms with Crippen LogP contribution in [0.5, 0.6) is 0 Å². The minimum absolute atomic E-state index is 0.0933. The summed E-state index contributed by atoms with van der Waals surface area (Å²) in [6.45, 7) is 0. The molecule has 0 atom stereocenters. The van der Waals surface area contributed by atoms with E-state index in [0.717, 1.165) is 18.4 Å². The van der Waals surface area contributed by atoms with Crippen LogP contribution in [0.2, 0.25) is 0 Å². The fourth-order valence-electron chi connectivity index (χ4n) is 1.43. The first-order chi connectivity index (χ1) is 7.39. The van der Waals surface area contributed by atoms with Crippen LogP contribution < -0.4 is 5.63 Å². The molecule has 0 spiro atoms. The zero-order valence-corrected chi connectivity index (χ0v) is 9.22. The van der Waals surface area contributed by atoms with Crippen LogP contribution in [-0.4, -0.2) is 0 Å². The second kappa shape index (κ2) is 3.62. The average Bonchev–Trinajstić information content (AvgIpc) is 2.17. The summed E-state index contributed by atoms with van der Waals surface area (Å²) in [6.07, 6.45) is -3.55. The van der Waals surface area contributed by atoms with E-state index in [1.165, 1.54) is 6.07 Å². The molecule has 2 nitrogen and oxygen atoms in total. The van der Waals surface area contributed by atoms with Gasteiger partial charge in [-0.3, -0.25) is 0 Å². The molecule has 16 heavy (non-hydrogen) atoms. The maximum absolute atomic E-state index is 12.7. The number of alkyl halides is 3. The van der Waals surface area contributed by atoms with Crippen LogP contribution >= 0.6 is 15.9 Å². The number of fused-ring (bicyclic) bond motifs is 1. The number of hydrogen-bond acceptors (Lipinski definition) is 2. The van der Waals surface area contributed by atoms with E-state index in [-0.39, 0.29) is 15.2 Å². The van der Waals surface area contributed by atoms with Crippen molar-refractivity contribution in [3.05, 3.63) is 44.9 Å². The molecule has 1 aromatic heterocycles. The Kier molecular flexibility index (Phi) is 2.53. The first-order valence-corrected chi connectivity index (χ1v) is 4.97. The predicted octanol–water partition coefficient (Wildman–Crippen LogP) is 3.57. The minimum atomic E-state index is -4.50. The second-order valence-corrected chi connectivity index (χ2v) is 4.04. The van der Waals surface area contributed by atoms with Crippen LogP contribution in [0.4, 0.5) is 13.2 Å². The standard InChI is InChI=1S/C10H4BrF3O2/c11-5-3-7-6(1-2-16-9(7)15)8(4-5)10(12,13)14/h1-4H. The number of halogens is 4. The zero-order chi connectivity index (χ0) is 11.9. The zero-order valence-electron chi connectivity index (χ0n) is 7.64. The average molecular weight is 293 g/mol. The molecule has 2 rings (SSSR count). The Morgan fingerprint density at radius 3 is 2.50 bits per heavy atom. The van der Waals surface area contributed by atoms with Gasteiger partial charge >= 0.3 is 11.8 Å². The molecular formula is C10H4BrF3O2. The van der Waals surface area contributed by atoms with Gasteiger partial charge in [-0.05, 0) is 18.2 Å². The van der Waals surface area contributed by atoms with Crippen LogP contribution in [0.15, 0.2) is 38.1 Å². The van der Waals surface area contributed by atoms with E-state index in [2.05, 4.69) is 20.3 Å². The molecule has 2 aromatic rings. The molecule has 1 aromatic carbocycles. The fraction of sp³-hybridized carbons (Fsp3) is 0.100. The Morgan fingerprint density at radius 1 is 1.19 bits per heavy atom. The summed E-state index contributed by atoms with van der Waals surface area (Å²) in [4.78, 5) is 11.3. The molecule has 0 aliphatic heterocycles. The van der Waals surface area contributed by atoms with Gasteiger partial charge in [-0.25, -0.2) is 4.79 Å². The molecule has 0 aliphatic rings. The molecule has 0 fully saturated rings. The summed E-state index contributed by atoms with van der Waals surface area (Å²) in [7, 11) is 0. The van der Waals surface area contributed by atoms with Gasteiger partial charge in [-0.15, -0.1) is 0 Å². The molecule has 1 heterocycles. The van der Waals surface area contributed by atoms with E-state index in [1.807, 2.05) is 0 Å². The lowest BCUT2D eigenvalue weighted by atomic mass is 10.1. The highest BCUT2D eigenvalue weighted by Crippen LogP contribution is 2.35. The van der Waals surface area contributed by atoms with Gasteiger partial charge in [0.15, 0.2) is 0 Å². The molecule has 0 unspecified atom stereocenters. The third-order valence-electron chi connectivity index (χ3n) is 2.08. The minimum Gasteiger partial charge on any atom is -0.431 e. The molecule has 0 bridgehead atoms. The lowest BCUT2D eigenvalue weighted by Gasteiger charge is -2.09. The summed E-state index contributed by atoms with van der Waals surface area (Å²) in [5.41, 5.74) is -1.64. The van der Waals surface area contributed by atoms with Crippen LogP contribution in [0, 0.1) is 0 Å². The van der Waals surface area contributed by atoms with E-state index in [9.17, 15) is 18.0 Å². The van der Waals surface area contributed by atoms with Gasteiger partial charge < -0.3 is 4.42 Å². The number of rotatable bonds is 0. The van der Waals surface area contributed by atoms with Crippen LogP contribution in [-0.2, 0) is 6.18 Å². The van der Waals surface area contributed by atoms with Gasteiger partial charge in [0.05, 0.1) is 17.2 Å². The predicted molar refractivity (Wildman–Crippen MR) is 55.2 cm³/mol. The Labute approximate surface area is 95.8 Å². The summed E-state index contributed by atoms with van der Waals surface area (Å²) < 4.78 is 42.7. The summed E-state index contributed by atoms with van der Waals surface area (Å²) in [5, 5.41) is -0.254. The van der Waals surface area contributed by atoms with Gasteiger partial charge in [0.2, 0.25) is 0 Å². The monoisotopic (exact) mass is 292 g/mol. The molecule has 0 radical (unpaired) electrons. The van der Waals surface area contributed by atoms with Crippen molar-refractivity contribution in [1.82, 2.24) is 0 Å². The van der Waals surface area contributed by atoms with E-state index in [0.29, 0.717) is 0 Å². The highest BCUT2D eigenvalue weighted by molar-refractivity contribution is 9.10. The highest BCUT2D eigenvalue weighted by atomic mass is 79.9. The smallest absolute Gasteiger partial charge is 0.417 e. The van der Waals surface area contributed by atoms with E-state index >= 15 is 0 Å². The van der Waals surface area contributed by atoms with Gasteiger partial charge in [0, 0.05) is 9.86 Å². The van der Waals surface area contributed by atoms with Gasteiger partial charge in [-0.2, -0.15) is 13.2 Å². The Hall–Kier alpha value is -1.30. The SMILES string of the molecule is O=c1occc2c(C(F)(F)F)cc(Br)cc12. The van der Waals surface area contributed by atoms with Crippen molar-refractivity contribution in [2.45, 2.75) is 6.18 Å². The van der Waals surface area contributed by atoms with Crippen molar-refractivity contribution in [1.29, 1.82) is 0 Å². The van der Waals surface area contributed by atoms with Crippen molar-refractivity contribution in [2.75, 3.05) is 0 Å². The Bertz CT molecular complexity index is 601. The first kappa shape index (κ1) is 11.2. The summed E-state index contributed by atoms with van der Waals surface area (Å²) >= 11 is 2.93. The fourth-order valence-corrected chi connectivity index (χ4v) is 1.89. The second-order valence-electron chi connectivity index (χ2n) is 3.12. The lowest BCUT2D eigenvalue weighted by molar-refractivity contribution is -0.136. The summed E-state index contributed by atoms with van der Waals surface area (Å²) in [5.74, 6) is 0. The maximum atomic E-state index is 12.7. The first-order valence-electron chi connectivity index (χ1n) is 4.18. The molecule has 0 saturated heterocycles. The molecule has 0 aliphatic carbocycles. The largest absolute Gasteiger partial charge is 0.431 e. The van der Waals surface area contributed by atoms with Crippen molar-refractivity contribution < 1.29 is 17.6 Å². The molecule has 84 valence electrons. The summed E-state index contributed by atoms with van der Waals surface area (Å²) in [6, 6.07) is 3.37. The normalized spacial score (nSPS) is 12.0. The van der Waals surface area contributed by atoms with Crippen LogP contribution in [0.1, 0.15) is 5.56 Å². The van der Waals surface area contributed by atoms with Gasteiger partial charge in [0.1, 0.15) is 0 Å². The number of hydrogen-bond donors (Lipinski definition) is 0. The molecule has 6 heteroatoms. The van der Waals surface area contributed by atoms with E-state index in [4.69, 9.17) is 0 Å². The van der Waals surface area contributed by atoms with Gasteiger partial charge in [0.25, 0.3) is 0 Å². The van der Waals surface area contributed by atoms with Crippen molar-refractivity contribution >= 4 is 26.7 Å². The van der Waals surface area contributed by atoms with E-state index in [1.54, 1.807) is 0 Å². The number of benzene rings is 1. The highest BCUT2D eigenvalue weighted by Gasteiger charge is 2.33.